The van der Waals surface area contributed by atoms with Gasteiger partial charge >= 0.3 is 12.1 Å². The summed E-state index contributed by atoms with van der Waals surface area (Å²) < 4.78 is 0. The third kappa shape index (κ3) is 2.07. The van der Waals surface area contributed by atoms with E-state index in [-0.39, 0.29) is 24.1 Å². The first-order chi connectivity index (χ1) is 11.5. The van der Waals surface area contributed by atoms with Gasteiger partial charge in [-0.15, -0.1) is 0 Å². The number of hydrogen-bond acceptors (Lipinski definition) is 2. The van der Waals surface area contributed by atoms with Crippen molar-refractivity contribution in [2.45, 2.75) is 101 Å². The minimum absolute atomic E-state index is 0.0206. The van der Waals surface area contributed by atoms with E-state index in [2.05, 4.69) is 10.6 Å². The number of rotatable bonds is 2. The molecule has 2 atom stereocenters. The Labute approximate surface area is 144 Å². The average Bonchev–Trinajstić information content (AvgIpc) is 2.87. The number of nitrogens with zero attached hydrogens (tertiary/aromatic N) is 2. The maximum atomic E-state index is 12.9. The van der Waals surface area contributed by atoms with Crippen molar-refractivity contribution in [2.24, 2.45) is 0 Å². The highest BCUT2D eigenvalue weighted by Crippen LogP contribution is 2.45. The highest BCUT2D eigenvalue weighted by atomic mass is 16.2. The van der Waals surface area contributed by atoms with Crippen LogP contribution in [0.4, 0.5) is 9.59 Å². The van der Waals surface area contributed by atoms with Crippen LogP contribution in [-0.4, -0.2) is 45.3 Å². The second-order valence-corrected chi connectivity index (χ2v) is 8.33. The van der Waals surface area contributed by atoms with E-state index in [0.29, 0.717) is 0 Å². The SMILES string of the molecule is CC12NC(=O)N(C3CCCCC3)C1(C)NC(=O)N2C1CCCCC1. The number of urea groups is 2. The number of nitrogens with one attached hydrogen (secondary N) is 2. The van der Waals surface area contributed by atoms with Crippen LogP contribution in [0.1, 0.15) is 78.1 Å². The molecule has 2 saturated heterocycles. The van der Waals surface area contributed by atoms with Crippen molar-refractivity contribution in [3.63, 3.8) is 0 Å². The van der Waals surface area contributed by atoms with E-state index in [1.165, 1.54) is 38.5 Å². The van der Waals surface area contributed by atoms with Crippen molar-refractivity contribution < 1.29 is 9.59 Å². The normalized spacial score (nSPS) is 38.2. The Kier molecular flexibility index (Phi) is 3.69. The molecular weight excluding hydrogens is 304 g/mol. The molecule has 6 nitrogen and oxygen atoms in total. The summed E-state index contributed by atoms with van der Waals surface area (Å²) in [6.45, 7) is 4.06. The summed E-state index contributed by atoms with van der Waals surface area (Å²) in [5.41, 5.74) is -1.33. The van der Waals surface area contributed by atoms with Crippen LogP contribution in [0.25, 0.3) is 0 Å². The lowest BCUT2D eigenvalue weighted by molar-refractivity contribution is 0.00898. The van der Waals surface area contributed by atoms with E-state index >= 15 is 0 Å². The third-order valence-corrected chi connectivity index (χ3v) is 6.93. The molecule has 0 aromatic rings. The second-order valence-electron chi connectivity index (χ2n) is 8.33. The number of carbonyl (C=O) groups is 2. The molecule has 134 valence electrons. The Bertz CT molecular complexity index is 493. The van der Waals surface area contributed by atoms with Gasteiger partial charge in [-0.25, -0.2) is 9.59 Å². The average molecular weight is 334 g/mol. The number of fused-ring (bicyclic) bond motifs is 1. The number of carbonyl (C=O) groups excluding carboxylic acids is 2. The zero-order chi connectivity index (χ0) is 16.9. The predicted octanol–water partition coefficient (Wildman–Crippen LogP) is 3.13. The molecule has 4 rings (SSSR count). The molecule has 4 amide bonds. The number of amides is 4. The quantitative estimate of drug-likeness (QED) is 0.815. The van der Waals surface area contributed by atoms with Gasteiger partial charge in [0.2, 0.25) is 0 Å². The Hall–Kier alpha value is -1.46. The van der Waals surface area contributed by atoms with Crippen LogP contribution >= 0.6 is 0 Å². The molecule has 0 bridgehead atoms. The highest BCUT2D eigenvalue weighted by Gasteiger charge is 2.69. The maximum absolute atomic E-state index is 12.9. The van der Waals surface area contributed by atoms with Gasteiger partial charge in [0.05, 0.1) is 0 Å². The van der Waals surface area contributed by atoms with Crippen LogP contribution in [0, 0.1) is 0 Å². The molecule has 24 heavy (non-hydrogen) atoms. The van der Waals surface area contributed by atoms with Crippen LogP contribution in [-0.2, 0) is 0 Å². The first kappa shape index (κ1) is 16.0. The molecule has 2 aliphatic carbocycles. The van der Waals surface area contributed by atoms with Crippen molar-refractivity contribution in [3.8, 4) is 0 Å². The van der Waals surface area contributed by atoms with Crippen molar-refractivity contribution in [3.05, 3.63) is 0 Å². The van der Waals surface area contributed by atoms with Crippen molar-refractivity contribution in [2.75, 3.05) is 0 Å². The van der Waals surface area contributed by atoms with Gasteiger partial charge in [-0.1, -0.05) is 38.5 Å². The van der Waals surface area contributed by atoms with E-state index in [4.69, 9.17) is 0 Å². The summed E-state index contributed by atoms with van der Waals surface area (Å²) in [5.74, 6) is 0. The summed E-state index contributed by atoms with van der Waals surface area (Å²) in [7, 11) is 0. The van der Waals surface area contributed by atoms with Gasteiger partial charge in [-0.3, -0.25) is 9.80 Å². The van der Waals surface area contributed by atoms with Crippen molar-refractivity contribution in [1.82, 2.24) is 20.4 Å². The molecule has 2 heterocycles. The van der Waals surface area contributed by atoms with Crippen LogP contribution in [0.3, 0.4) is 0 Å². The smallest absolute Gasteiger partial charge is 0.311 e. The van der Waals surface area contributed by atoms with Crippen molar-refractivity contribution >= 4 is 12.1 Å². The van der Waals surface area contributed by atoms with Crippen LogP contribution < -0.4 is 10.6 Å². The van der Waals surface area contributed by atoms with E-state index in [9.17, 15) is 9.59 Å². The largest absolute Gasteiger partial charge is 0.321 e. The zero-order valence-electron chi connectivity index (χ0n) is 14.9. The van der Waals surface area contributed by atoms with Gasteiger partial charge in [0.1, 0.15) is 0 Å². The molecule has 2 aliphatic heterocycles. The standard InChI is InChI=1S/C18H30N4O2/c1-17-18(2,20-16(24)21(17)13-9-5-3-6-10-13)22(15(23)19-17)14-11-7-4-8-12-14/h13-14H,3-12H2,1-2H3,(H,19,23)(H,20,24). The van der Waals surface area contributed by atoms with Crippen molar-refractivity contribution in [1.29, 1.82) is 0 Å². The highest BCUT2D eigenvalue weighted by molar-refractivity contribution is 5.88. The molecule has 2 saturated carbocycles. The molecule has 2 N–H and O–H groups in total. The Balaban J connectivity index is 1.66. The Morgan fingerprint density at radius 2 is 1.04 bits per heavy atom. The number of hydrogen-bond donors (Lipinski definition) is 2. The summed E-state index contributed by atoms with van der Waals surface area (Å²) in [5, 5.41) is 6.37. The third-order valence-electron chi connectivity index (χ3n) is 6.93. The maximum Gasteiger partial charge on any atom is 0.321 e. The van der Waals surface area contributed by atoms with Crippen LogP contribution in [0.15, 0.2) is 0 Å². The van der Waals surface area contributed by atoms with Gasteiger partial charge in [0.15, 0.2) is 11.3 Å². The molecule has 4 fully saturated rings. The first-order valence-electron chi connectivity index (χ1n) is 9.70. The fourth-order valence-electron chi connectivity index (χ4n) is 5.52. The lowest BCUT2D eigenvalue weighted by Crippen LogP contribution is -2.66. The molecule has 0 aromatic carbocycles. The van der Waals surface area contributed by atoms with E-state index in [1.807, 2.05) is 23.6 Å². The van der Waals surface area contributed by atoms with E-state index < -0.39 is 11.3 Å². The second kappa shape index (κ2) is 5.53. The monoisotopic (exact) mass is 334 g/mol. The fourth-order valence-corrected chi connectivity index (χ4v) is 5.52. The lowest BCUT2D eigenvalue weighted by Gasteiger charge is -2.45. The molecule has 0 spiro atoms. The van der Waals surface area contributed by atoms with E-state index in [1.54, 1.807) is 0 Å². The zero-order valence-corrected chi connectivity index (χ0v) is 14.9. The van der Waals surface area contributed by atoms with Gasteiger partial charge in [0.25, 0.3) is 0 Å². The topological polar surface area (TPSA) is 64.7 Å². The minimum atomic E-state index is -0.666. The van der Waals surface area contributed by atoms with Gasteiger partial charge in [-0.05, 0) is 39.5 Å². The van der Waals surface area contributed by atoms with Crippen LogP contribution in [0.5, 0.6) is 0 Å². The summed E-state index contributed by atoms with van der Waals surface area (Å²) in [6.07, 6.45) is 11.3. The minimum Gasteiger partial charge on any atom is -0.311 e. The molecule has 4 aliphatic rings. The Morgan fingerprint density at radius 1 is 0.708 bits per heavy atom. The Morgan fingerprint density at radius 3 is 1.38 bits per heavy atom. The fraction of sp³-hybridized carbons (Fsp3) is 0.889. The molecule has 6 heteroatoms. The first-order valence-corrected chi connectivity index (χ1v) is 9.70. The predicted molar refractivity (Wildman–Crippen MR) is 91.3 cm³/mol. The van der Waals surface area contributed by atoms with Crippen LogP contribution in [0.2, 0.25) is 0 Å². The lowest BCUT2D eigenvalue weighted by atomic mass is 9.88. The molecule has 0 radical (unpaired) electrons. The van der Waals surface area contributed by atoms with Gasteiger partial charge < -0.3 is 10.6 Å². The summed E-state index contributed by atoms with van der Waals surface area (Å²) in [6, 6.07) is 0.426. The summed E-state index contributed by atoms with van der Waals surface area (Å²) in [4.78, 5) is 29.6. The van der Waals surface area contributed by atoms with Gasteiger partial charge in [0, 0.05) is 12.1 Å². The molecular formula is C18H30N4O2. The summed E-state index contributed by atoms with van der Waals surface area (Å²) >= 11 is 0. The molecule has 2 unspecified atom stereocenters. The van der Waals surface area contributed by atoms with Gasteiger partial charge in [-0.2, -0.15) is 0 Å². The van der Waals surface area contributed by atoms with E-state index in [0.717, 1.165) is 25.7 Å². The molecule has 0 aromatic heterocycles.